The van der Waals surface area contributed by atoms with Gasteiger partial charge in [-0.25, -0.2) is 4.79 Å². The summed E-state index contributed by atoms with van der Waals surface area (Å²) in [5.41, 5.74) is -1.02. The maximum absolute atomic E-state index is 13.0. The van der Waals surface area contributed by atoms with Gasteiger partial charge in [0, 0.05) is 45.3 Å². The maximum atomic E-state index is 13.0. The summed E-state index contributed by atoms with van der Waals surface area (Å²) in [6.45, 7) is 4.87. The first-order valence-corrected chi connectivity index (χ1v) is 8.12. The van der Waals surface area contributed by atoms with E-state index in [0.29, 0.717) is 13.1 Å². The predicted molar refractivity (Wildman–Crippen MR) is 84.9 cm³/mol. The van der Waals surface area contributed by atoms with Crippen LogP contribution >= 0.6 is 0 Å². The molecule has 0 aromatic heterocycles. The molecular weight excluding hydrogens is 321 g/mol. The number of nitrogens with zero attached hydrogens (tertiary/aromatic N) is 2. The molecule has 1 unspecified atom stereocenters. The molecule has 0 radical (unpaired) electrons. The third-order valence-electron chi connectivity index (χ3n) is 4.59. The van der Waals surface area contributed by atoms with E-state index in [1.807, 2.05) is 0 Å². The van der Waals surface area contributed by atoms with E-state index in [2.05, 4.69) is 15.5 Å². The minimum Gasteiger partial charge on any atom is -0.323 e. The van der Waals surface area contributed by atoms with Gasteiger partial charge >= 0.3 is 12.2 Å². The molecular formula is C16H21F3N4O. The van der Waals surface area contributed by atoms with E-state index < -0.39 is 17.8 Å². The summed E-state index contributed by atoms with van der Waals surface area (Å²) in [6.07, 6.45) is -3.63. The lowest BCUT2D eigenvalue weighted by molar-refractivity contribution is -0.136. The van der Waals surface area contributed by atoms with Crippen molar-refractivity contribution >= 4 is 11.7 Å². The summed E-state index contributed by atoms with van der Waals surface area (Å²) in [5, 5.41) is 5.70. The van der Waals surface area contributed by atoms with E-state index in [0.717, 1.165) is 38.7 Å². The van der Waals surface area contributed by atoms with Gasteiger partial charge in [-0.05, 0) is 18.6 Å². The van der Waals surface area contributed by atoms with Gasteiger partial charge in [-0.3, -0.25) is 4.90 Å². The van der Waals surface area contributed by atoms with Crippen molar-refractivity contribution in [3.8, 4) is 0 Å². The molecule has 1 atom stereocenters. The van der Waals surface area contributed by atoms with Gasteiger partial charge < -0.3 is 15.5 Å². The van der Waals surface area contributed by atoms with Crippen LogP contribution in [0, 0.1) is 0 Å². The Hall–Kier alpha value is -1.80. The molecule has 2 heterocycles. The molecule has 132 valence electrons. The number of amides is 2. The molecule has 0 bridgehead atoms. The van der Waals surface area contributed by atoms with E-state index in [4.69, 9.17) is 0 Å². The monoisotopic (exact) mass is 342 g/mol. The van der Waals surface area contributed by atoms with Gasteiger partial charge in [0.2, 0.25) is 0 Å². The lowest BCUT2D eigenvalue weighted by Gasteiger charge is -2.32. The lowest BCUT2D eigenvalue weighted by atomic mass is 10.1. The normalized spacial score (nSPS) is 22.6. The van der Waals surface area contributed by atoms with Crippen LogP contribution in [0.25, 0.3) is 0 Å². The van der Waals surface area contributed by atoms with Crippen molar-refractivity contribution in [2.75, 3.05) is 44.6 Å². The molecule has 2 amide bonds. The molecule has 24 heavy (non-hydrogen) atoms. The van der Waals surface area contributed by atoms with Crippen molar-refractivity contribution in [2.24, 2.45) is 0 Å². The Labute approximate surface area is 138 Å². The summed E-state index contributed by atoms with van der Waals surface area (Å²) in [4.78, 5) is 16.3. The van der Waals surface area contributed by atoms with E-state index >= 15 is 0 Å². The summed E-state index contributed by atoms with van der Waals surface area (Å²) >= 11 is 0. The minimum absolute atomic E-state index is 0.194. The van der Waals surface area contributed by atoms with E-state index in [1.54, 1.807) is 4.90 Å². The highest BCUT2D eigenvalue weighted by Gasteiger charge is 2.35. The van der Waals surface area contributed by atoms with Gasteiger partial charge in [-0.1, -0.05) is 12.1 Å². The van der Waals surface area contributed by atoms with E-state index in [1.165, 1.54) is 18.2 Å². The molecule has 2 N–H and O–H groups in total. The SMILES string of the molecule is O=C(Nc1ccccc1C(F)(F)F)N1CCC(N2CCNCC2)C1. The molecule has 3 rings (SSSR count). The molecule has 0 saturated carbocycles. The summed E-state index contributed by atoms with van der Waals surface area (Å²) in [7, 11) is 0. The number of carbonyl (C=O) groups is 1. The first-order chi connectivity index (χ1) is 11.4. The van der Waals surface area contributed by atoms with Crippen molar-refractivity contribution in [3.05, 3.63) is 29.8 Å². The number of piperazine rings is 1. The van der Waals surface area contributed by atoms with Gasteiger partial charge in [0.05, 0.1) is 11.3 Å². The van der Waals surface area contributed by atoms with Gasteiger partial charge in [-0.15, -0.1) is 0 Å². The quantitative estimate of drug-likeness (QED) is 0.866. The highest BCUT2D eigenvalue weighted by molar-refractivity contribution is 5.90. The average molecular weight is 342 g/mol. The zero-order valence-corrected chi connectivity index (χ0v) is 13.3. The van der Waals surface area contributed by atoms with E-state index in [9.17, 15) is 18.0 Å². The Morgan fingerprint density at radius 2 is 1.88 bits per heavy atom. The number of nitrogens with one attached hydrogen (secondary N) is 2. The predicted octanol–water partition coefficient (Wildman–Crippen LogP) is 2.22. The van der Waals surface area contributed by atoms with Crippen LogP contribution in [0.4, 0.5) is 23.7 Å². The Morgan fingerprint density at radius 1 is 1.17 bits per heavy atom. The number of anilines is 1. The van der Waals surface area contributed by atoms with Gasteiger partial charge in [0.15, 0.2) is 0 Å². The Balaban J connectivity index is 1.62. The standard InChI is InChI=1S/C16H21F3N4O/c17-16(18,19)13-3-1-2-4-14(13)21-15(24)23-8-5-12(11-23)22-9-6-20-7-10-22/h1-4,12,20H,5-11H2,(H,21,24). The highest BCUT2D eigenvalue weighted by atomic mass is 19.4. The number of halogens is 3. The van der Waals surface area contributed by atoms with Crippen LogP contribution < -0.4 is 10.6 Å². The van der Waals surface area contributed by atoms with Crippen LogP contribution in [-0.2, 0) is 6.18 Å². The second kappa shape index (κ2) is 6.98. The maximum Gasteiger partial charge on any atom is 0.418 e. The first-order valence-electron chi connectivity index (χ1n) is 8.12. The fourth-order valence-corrected chi connectivity index (χ4v) is 3.31. The van der Waals surface area contributed by atoms with Crippen LogP contribution in [0.2, 0.25) is 0 Å². The van der Waals surface area contributed by atoms with Crippen LogP contribution in [0.1, 0.15) is 12.0 Å². The zero-order chi connectivity index (χ0) is 17.2. The van der Waals surface area contributed by atoms with Gasteiger partial charge in [0.25, 0.3) is 0 Å². The number of alkyl halides is 3. The van der Waals surface area contributed by atoms with Crippen LogP contribution in [0.15, 0.2) is 24.3 Å². The van der Waals surface area contributed by atoms with Crippen molar-refractivity contribution in [3.63, 3.8) is 0 Å². The number of hydrogen-bond acceptors (Lipinski definition) is 3. The Kier molecular flexibility index (Phi) is 4.96. The topological polar surface area (TPSA) is 47.6 Å². The first kappa shape index (κ1) is 17.0. The molecule has 1 aromatic rings. The third kappa shape index (κ3) is 3.81. The number of likely N-dealkylation sites (tertiary alicyclic amines) is 1. The molecule has 0 spiro atoms. The Bertz CT molecular complexity index is 587. The smallest absolute Gasteiger partial charge is 0.323 e. The lowest BCUT2D eigenvalue weighted by Crippen LogP contribution is -2.49. The van der Waals surface area contributed by atoms with Gasteiger partial charge in [-0.2, -0.15) is 13.2 Å². The number of hydrogen-bond donors (Lipinski definition) is 2. The number of rotatable bonds is 2. The number of carbonyl (C=O) groups excluding carboxylic acids is 1. The van der Waals surface area contributed by atoms with Crippen LogP contribution in [-0.4, -0.2) is 61.1 Å². The largest absolute Gasteiger partial charge is 0.418 e. The Morgan fingerprint density at radius 3 is 2.58 bits per heavy atom. The fourth-order valence-electron chi connectivity index (χ4n) is 3.31. The fraction of sp³-hybridized carbons (Fsp3) is 0.562. The second-order valence-electron chi connectivity index (χ2n) is 6.15. The van der Waals surface area contributed by atoms with E-state index in [-0.39, 0.29) is 11.7 Å². The highest BCUT2D eigenvalue weighted by Crippen LogP contribution is 2.34. The zero-order valence-electron chi connectivity index (χ0n) is 13.3. The van der Waals surface area contributed by atoms with Crippen LogP contribution in [0.5, 0.6) is 0 Å². The van der Waals surface area contributed by atoms with Crippen molar-refractivity contribution < 1.29 is 18.0 Å². The van der Waals surface area contributed by atoms with Crippen molar-refractivity contribution in [2.45, 2.75) is 18.6 Å². The second-order valence-corrected chi connectivity index (χ2v) is 6.15. The van der Waals surface area contributed by atoms with Crippen molar-refractivity contribution in [1.29, 1.82) is 0 Å². The molecule has 2 saturated heterocycles. The van der Waals surface area contributed by atoms with Gasteiger partial charge in [0.1, 0.15) is 0 Å². The minimum atomic E-state index is -4.49. The number of benzene rings is 1. The number of urea groups is 1. The van der Waals surface area contributed by atoms with Crippen LogP contribution in [0.3, 0.4) is 0 Å². The molecule has 2 fully saturated rings. The molecule has 0 aliphatic carbocycles. The third-order valence-corrected chi connectivity index (χ3v) is 4.59. The molecule has 1 aromatic carbocycles. The average Bonchev–Trinajstić information content (AvgIpc) is 3.05. The molecule has 5 nitrogen and oxygen atoms in total. The summed E-state index contributed by atoms with van der Waals surface area (Å²) < 4.78 is 39.0. The molecule has 2 aliphatic rings. The summed E-state index contributed by atoms with van der Waals surface area (Å²) in [5.74, 6) is 0. The summed E-state index contributed by atoms with van der Waals surface area (Å²) in [6, 6.07) is 4.88. The molecule has 2 aliphatic heterocycles. The molecule has 8 heteroatoms. The van der Waals surface area contributed by atoms with Crippen molar-refractivity contribution in [1.82, 2.24) is 15.1 Å². The number of para-hydroxylation sites is 1.